The first-order valence-corrected chi connectivity index (χ1v) is 8.77. The second-order valence-electron chi connectivity index (χ2n) is 5.52. The highest BCUT2D eigenvalue weighted by molar-refractivity contribution is 7.99. The number of methoxy groups -OCH3 is 1. The number of ether oxygens (including phenoxy) is 1. The van der Waals surface area contributed by atoms with Crippen LogP contribution in [-0.2, 0) is 4.74 Å². The lowest BCUT2D eigenvalue weighted by atomic mass is 10.1. The van der Waals surface area contributed by atoms with Crippen LogP contribution in [0.2, 0.25) is 0 Å². The van der Waals surface area contributed by atoms with Crippen LogP contribution in [0.1, 0.15) is 35.3 Å². The Kier molecular flexibility index (Phi) is 6.59. The summed E-state index contributed by atoms with van der Waals surface area (Å²) in [7, 11) is 1.71. The molecule has 0 amide bonds. The number of nitrogens with zero attached hydrogens (tertiary/aromatic N) is 3. The zero-order chi connectivity index (χ0) is 17.5. The van der Waals surface area contributed by atoms with Gasteiger partial charge in [-0.25, -0.2) is 0 Å². The lowest BCUT2D eigenvalue weighted by Crippen LogP contribution is -2.11. The van der Waals surface area contributed by atoms with Gasteiger partial charge < -0.3 is 10.1 Å². The van der Waals surface area contributed by atoms with E-state index in [9.17, 15) is 5.26 Å². The van der Waals surface area contributed by atoms with Crippen LogP contribution in [-0.4, -0.2) is 29.7 Å². The number of aromatic nitrogens is 2. The third kappa shape index (κ3) is 4.47. The van der Waals surface area contributed by atoms with Crippen LogP contribution in [0, 0.1) is 25.2 Å². The second-order valence-corrected chi connectivity index (χ2v) is 6.69. The molecule has 6 heteroatoms. The summed E-state index contributed by atoms with van der Waals surface area (Å²) in [6.07, 6.45) is 0. The number of aryl methyl sites for hydroxylation is 1. The predicted molar refractivity (Wildman–Crippen MR) is 97.3 cm³/mol. The Hall–Kier alpha value is -2.10. The van der Waals surface area contributed by atoms with E-state index in [1.54, 1.807) is 18.9 Å². The Morgan fingerprint density at radius 2 is 1.96 bits per heavy atom. The van der Waals surface area contributed by atoms with Gasteiger partial charge in [-0.1, -0.05) is 12.1 Å². The molecule has 0 saturated carbocycles. The van der Waals surface area contributed by atoms with E-state index >= 15 is 0 Å². The number of rotatable bonds is 7. The summed E-state index contributed by atoms with van der Waals surface area (Å²) in [5, 5.41) is 20.9. The van der Waals surface area contributed by atoms with Gasteiger partial charge in [0.25, 0.3) is 0 Å². The van der Waals surface area contributed by atoms with E-state index in [-0.39, 0.29) is 6.04 Å². The highest BCUT2D eigenvalue weighted by Gasteiger charge is 2.14. The minimum absolute atomic E-state index is 0.0338. The summed E-state index contributed by atoms with van der Waals surface area (Å²) in [5.74, 6) is 1.47. The van der Waals surface area contributed by atoms with Crippen molar-refractivity contribution in [2.24, 2.45) is 0 Å². The molecule has 0 fully saturated rings. The molecule has 1 N–H and O–H groups in total. The standard InChI is InChI=1S/C18H22N4OS/c1-12-13(2)21-22-18(17(12)11-19)20-14(3)15-5-7-16(8-6-15)24-10-9-23-4/h5-8,14H,9-10H2,1-4H3,(H,20,22). The van der Waals surface area contributed by atoms with Crippen LogP contribution in [0.15, 0.2) is 29.2 Å². The molecule has 24 heavy (non-hydrogen) atoms. The molecule has 0 bridgehead atoms. The highest BCUT2D eigenvalue weighted by atomic mass is 32.2. The van der Waals surface area contributed by atoms with Crippen LogP contribution >= 0.6 is 11.8 Å². The molecular formula is C18H22N4OS. The van der Waals surface area contributed by atoms with Crippen molar-refractivity contribution in [2.75, 3.05) is 24.8 Å². The zero-order valence-electron chi connectivity index (χ0n) is 14.5. The average Bonchev–Trinajstić information content (AvgIpc) is 2.59. The summed E-state index contributed by atoms with van der Waals surface area (Å²) in [4.78, 5) is 1.21. The topological polar surface area (TPSA) is 70.8 Å². The Balaban J connectivity index is 2.09. The van der Waals surface area contributed by atoms with Crippen molar-refractivity contribution in [1.29, 1.82) is 5.26 Å². The molecule has 1 unspecified atom stereocenters. The van der Waals surface area contributed by atoms with Gasteiger partial charge in [0.2, 0.25) is 0 Å². The lowest BCUT2D eigenvalue weighted by molar-refractivity contribution is 0.218. The maximum Gasteiger partial charge on any atom is 0.167 e. The predicted octanol–water partition coefficient (Wildman–Crippen LogP) is 3.88. The molecule has 1 aromatic heterocycles. The van der Waals surface area contributed by atoms with Crippen molar-refractivity contribution in [3.8, 4) is 6.07 Å². The molecule has 0 aliphatic carbocycles. The second kappa shape index (κ2) is 8.67. The van der Waals surface area contributed by atoms with Gasteiger partial charge in [-0.2, -0.15) is 10.4 Å². The van der Waals surface area contributed by atoms with Crippen LogP contribution in [0.4, 0.5) is 5.82 Å². The first-order valence-electron chi connectivity index (χ1n) is 7.79. The number of hydrogen-bond acceptors (Lipinski definition) is 6. The van der Waals surface area contributed by atoms with Gasteiger partial charge in [0.1, 0.15) is 11.6 Å². The molecule has 2 rings (SSSR count). The number of nitriles is 1. The quantitative estimate of drug-likeness (QED) is 0.608. The third-order valence-corrected chi connectivity index (χ3v) is 4.83. The van der Waals surface area contributed by atoms with E-state index in [2.05, 4.69) is 45.8 Å². The van der Waals surface area contributed by atoms with Gasteiger partial charge in [-0.15, -0.1) is 16.9 Å². The van der Waals surface area contributed by atoms with Gasteiger partial charge in [0.15, 0.2) is 5.82 Å². The third-order valence-electron chi connectivity index (χ3n) is 3.86. The SMILES string of the molecule is COCCSc1ccc(C(C)Nc2nnc(C)c(C)c2C#N)cc1. The monoisotopic (exact) mass is 342 g/mol. The average molecular weight is 342 g/mol. The fraction of sp³-hybridized carbons (Fsp3) is 0.389. The van der Waals surface area contributed by atoms with Crippen molar-refractivity contribution < 1.29 is 4.74 Å². The Labute approximate surface area is 147 Å². The number of anilines is 1. The van der Waals surface area contributed by atoms with E-state index < -0.39 is 0 Å². The normalized spacial score (nSPS) is 11.8. The zero-order valence-corrected chi connectivity index (χ0v) is 15.3. The molecule has 0 aliphatic heterocycles. The Morgan fingerprint density at radius 1 is 1.25 bits per heavy atom. The van der Waals surface area contributed by atoms with Gasteiger partial charge >= 0.3 is 0 Å². The Morgan fingerprint density at radius 3 is 2.58 bits per heavy atom. The molecule has 0 aliphatic rings. The Bertz CT molecular complexity index is 725. The summed E-state index contributed by atoms with van der Waals surface area (Å²) < 4.78 is 5.06. The fourth-order valence-electron chi connectivity index (χ4n) is 2.23. The van der Waals surface area contributed by atoms with E-state index in [0.717, 1.165) is 29.2 Å². The fourth-order valence-corrected chi connectivity index (χ4v) is 3.04. The van der Waals surface area contributed by atoms with Crippen molar-refractivity contribution in [1.82, 2.24) is 10.2 Å². The van der Waals surface area contributed by atoms with Crippen LogP contribution in [0.5, 0.6) is 0 Å². The number of nitrogens with one attached hydrogen (secondary N) is 1. The van der Waals surface area contributed by atoms with Gasteiger partial charge in [-0.05, 0) is 44.0 Å². The minimum atomic E-state index is 0.0338. The van der Waals surface area contributed by atoms with Crippen LogP contribution < -0.4 is 5.32 Å². The van der Waals surface area contributed by atoms with Crippen molar-refractivity contribution in [3.63, 3.8) is 0 Å². The molecule has 0 spiro atoms. The van der Waals surface area contributed by atoms with E-state index in [0.29, 0.717) is 11.4 Å². The molecule has 1 aromatic carbocycles. The van der Waals surface area contributed by atoms with E-state index in [1.807, 2.05) is 20.8 Å². The van der Waals surface area contributed by atoms with Gasteiger partial charge in [0.05, 0.1) is 18.3 Å². The largest absolute Gasteiger partial charge is 0.384 e. The summed E-state index contributed by atoms with van der Waals surface area (Å²) >= 11 is 1.77. The van der Waals surface area contributed by atoms with Gasteiger partial charge in [-0.3, -0.25) is 0 Å². The maximum atomic E-state index is 9.38. The first-order chi connectivity index (χ1) is 11.6. The summed E-state index contributed by atoms with van der Waals surface area (Å²) in [6, 6.07) is 10.6. The summed E-state index contributed by atoms with van der Waals surface area (Å²) in [5.41, 5.74) is 3.34. The molecular weight excluding hydrogens is 320 g/mol. The highest BCUT2D eigenvalue weighted by Crippen LogP contribution is 2.25. The number of benzene rings is 1. The molecule has 0 radical (unpaired) electrons. The van der Waals surface area contributed by atoms with Crippen molar-refractivity contribution >= 4 is 17.6 Å². The lowest BCUT2D eigenvalue weighted by Gasteiger charge is -2.17. The molecule has 126 valence electrons. The van der Waals surface area contributed by atoms with Crippen LogP contribution in [0.25, 0.3) is 0 Å². The molecule has 1 atom stereocenters. The van der Waals surface area contributed by atoms with Crippen molar-refractivity contribution in [3.05, 3.63) is 46.6 Å². The van der Waals surface area contributed by atoms with Crippen LogP contribution in [0.3, 0.4) is 0 Å². The molecule has 5 nitrogen and oxygen atoms in total. The maximum absolute atomic E-state index is 9.38. The molecule has 0 saturated heterocycles. The number of hydrogen-bond donors (Lipinski definition) is 1. The van der Waals surface area contributed by atoms with Gasteiger partial charge in [0, 0.05) is 17.8 Å². The molecule has 2 aromatic rings. The van der Waals surface area contributed by atoms with Crippen molar-refractivity contribution in [2.45, 2.75) is 31.7 Å². The molecule has 1 heterocycles. The summed E-state index contributed by atoms with van der Waals surface area (Å²) in [6.45, 7) is 6.54. The van der Waals surface area contributed by atoms with E-state index in [4.69, 9.17) is 4.74 Å². The number of thioether (sulfide) groups is 1. The van der Waals surface area contributed by atoms with E-state index in [1.165, 1.54) is 4.90 Å². The first kappa shape index (κ1) is 18.2. The smallest absolute Gasteiger partial charge is 0.167 e. The minimum Gasteiger partial charge on any atom is -0.384 e.